The predicted molar refractivity (Wildman–Crippen MR) is 49.2 cm³/mol. The number of thiazole rings is 1. The molecule has 1 aromatic heterocycles. The van der Waals surface area contributed by atoms with Gasteiger partial charge in [-0.2, -0.15) is 0 Å². The monoisotopic (exact) mass is 201 g/mol. The van der Waals surface area contributed by atoms with Crippen LogP contribution in [0.2, 0.25) is 0 Å². The van der Waals surface area contributed by atoms with Gasteiger partial charge < -0.3 is 9.47 Å². The molecule has 0 N–H and O–H groups in total. The zero-order chi connectivity index (χ0) is 9.68. The summed E-state index contributed by atoms with van der Waals surface area (Å²) < 4.78 is 10.00. The number of carbonyl (C=O) groups is 1. The Balaban J connectivity index is 2.74. The standard InChI is InChI=1S/C8H11NO3S/c1-3-11-7(10)6-8(12-4-2)13-5-9-6/h5H,3-4H2,1-2H3. The van der Waals surface area contributed by atoms with Crippen molar-refractivity contribution in [2.24, 2.45) is 0 Å². The molecule has 0 bridgehead atoms. The van der Waals surface area contributed by atoms with Crippen LogP contribution < -0.4 is 4.74 Å². The van der Waals surface area contributed by atoms with Crippen LogP contribution >= 0.6 is 11.3 Å². The number of carbonyl (C=O) groups excluding carboxylic acids is 1. The highest BCUT2D eigenvalue weighted by molar-refractivity contribution is 7.11. The van der Waals surface area contributed by atoms with Crippen LogP contribution in [0.5, 0.6) is 5.06 Å². The summed E-state index contributed by atoms with van der Waals surface area (Å²) in [5.41, 5.74) is 1.84. The van der Waals surface area contributed by atoms with Crippen LogP contribution in [0, 0.1) is 0 Å². The van der Waals surface area contributed by atoms with E-state index in [9.17, 15) is 4.79 Å². The van der Waals surface area contributed by atoms with Crippen molar-refractivity contribution in [1.29, 1.82) is 0 Å². The van der Waals surface area contributed by atoms with E-state index in [0.29, 0.717) is 18.3 Å². The third kappa shape index (κ3) is 2.42. The van der Waals surface area contributed by atoms with Crippen molar-refractivity contribution < 1.29 is 14.3 Å². The molecular formula is C8H11NO3S. The molecule has 1 rings (SSSR count). The summed E-state index contributed by atoms with van der Waals surface area (Å²) in [6.45, 7) is 4.48. The molecule has 0 aliphatic carbocycles. The molecular weight excluding hydrogens is 190 g/mol. The third-order valence-corrected chi connectivity index (χ3v) is 2.02. The minimum atomic E-state index is -0.424. The molecule has 0 aromatic carbocycles. The predicted octanol–water partition coefficient (Wildman–Crippen LogP) is 1.72. The van der Waals surface area contributed by atoms with E-state index in [1.54, 1.807) is 12.4 Å². The molecule has 72 valence electrons. The van der Waals surface area contributed by atoms with Gasteiger partial charge >= 0.3 is 5.97 Å². The quantitative estimate of drug-likeness (QED) is 0.696. The lowest BCUT2D eigenvalue weighted by Crippen LogP contribution is -2.07. The number of esters is 1. The van der Waals surface area contributed by atoms with Crippen molar-refractivity contribution in [1.82, 2.24) is 4.98 Å². The fourth-order valence-corrected chi connectivity index (χ4v) is 1.49. The topological polar surface area (TPSA) is 48.4 Å². The minimum Gasteiger partial charge on any atom is -0.482 e. The number of hydrogen-bond donors (Lipinski definition) is 0. The van der Waals surface area contributed by atoms with Gasteiger partial charge in [-0.3, -0.25) is 0 Å². The highest BCUT2D eigenvalue weighted by Gasteiger charge is 2.16. The van der Waals surface area contributed by atoms with Crippen molar-refractivity contribution in [3.8, 4) is 5.06 Å². The molecule has 0 atom stereocenters. The lowest BCUT2D eigenvalue weighted by Gasteiger charge is -2.01. The maximum absolute atomic E-state index is 11.2. The Hall–Kier alpha value is -1.10. The number of nitrogens with zero attached hydrogens (tertiary/aromatic N) is 1. The van der Waals surface area contributed by atoms with Gasteiger partial charge in [0.15, 0.2) is 0 Å². The van der Waals surface area contributed by atoms with E-state index in [0.717, 1.165) is 0 Å². The van der Waals surface area contributed by atoms with E-state index >= 15 is 0 Å². The molecule has 0 unspecified atom stereocenters. The van der Waals surface area contributed by atoms with Gasteiger partial charge in [0.2, 0.25) is 10.8 Å². The van der Waals surface area contributed by atoms with Gasteiger partial charge in [-0.05, 0) is 13.8 Å². The third-order valence-electron chi connectivity index (χ3n) is 1.28. The summed E-state index contributed by atoms with van der Waals surface area (Å²) >= 11 is 1.29. The summed E-state index contributed by atoms with van der Waals surface area (Å²) in [4.78, 5) is 15.1. The molecule has 4 nitrogen and oxygen atoms in total. The van der Waals surface area contributed by atoms with E-state index in [2.05, 4.69) is 4.98 Å². The lowest BCUT2D eigenvalue weighted by atomic mass is 10.5. The highest BCUT2D eigenvalue weighted by atomic mass is 32.1. The second kappa shape index (κ2) is 4.81. The Bertz CT molecular complexity index is 285. The molecule has 0 spiro atoms. The van der Waals surface area contributed by atoms with Crippen LogP contribution in [0.15, 0.2) is 5.51 Å². The van der Waals surface area contributed by atoms with Crippen LogP contribution in [-0.4, -0.2) is 24.2 Å². The molecule has 0 radical (unpaired) electrons. The fraction of sp³-hybridized carbons (Fsp3) is 0.500. The second-order valence-corrected chi connectivity index (χ2v) is 2.96. The average molecular weight is 201 g/mol. The molecule has 5 heteroatoms. The first-order chi connectivity index (χ1) is 6.29. The summed E-state index contributed by atoms with van der Waals surface area (Å²) in [5, 5.41) is 0.529. The SMILES string of the molecule is CCOC(=O)c1ncsc1OCC. The maximum atomic E-state index is 11.2. The van der Waals surface area contributed by atoms with Crippen LogP contribution in [0.4, 0.5) is 0 Å². The molecule has 0 saturated carbocycles. The largest absolute Gasteiger partial charge is 0.482 e. The highest BCUT2D eigenvalue weighted by Crippen LogP contribution is 2.23. The maximum Gasteiger partial charge on any atom is 0.361 e. The van der Waals surface area contributed by atoms with E-state index < -0.39 is 5.97 Å². The van der Waals surface area contributed by atoms with Gasteiger partial charge in [0, 0.05) is 0 Å². The average Bonchev–Trinajstić information content (AvgIpc) is 2.54. The minimum absolute atomic E-state index is 0.272. The Morgan fingerprint density at radius 2 is 2.31 bits per heavy atom. The number of aromatic nitrogens is 1. The molecule has 0 amide bonds. The van der Waals surface area contributed by atoms with Crippen LogP contribution in [0.1, 0.15) is 24.3 Å². The van der Waals surface area contributed by atoms with Crippen LogP contribution in [-0.2, 0) is 4.74 Å². The summed E-state index contributed by atoms with van der Waals surface area (Å²) in [7, 11) is 0. The Kier molecular flexibility index (Phi) is 3.70. The van der Waals surface area contributed by atoms with Crippen LogP contribution in [0.3, 0.4) is 0 Å². The molecule has 1 heterocycles. The second-order valence-electron chi connectivity index (χ2n) is 2.14. The normalized spacial score (nSPS) is 9.69. The molecule has 0 aliphatic rings. The van der Waals surface area contributed by atoms with E-state index in [-0.39, 0.29) is 5.69 Å². The number of ether oxygens (including phenoxy) is 2. The molecule has 1 aromatic rings. The summed E-state index contributed by atoms with van der Waals surface area (Å²) in [5.74, 6) is -0.424. The Morgan fingerprint density at radius 3 is 2.92 bits per heavy atom. The van der Waals surface area contributed by atoms with Gasteiger partial charge in [-0.1, -0.05) is 11.3 Å². The van der Waals surface area contributed by atoms with Crippen molar-refractivity contribution in [2.75, 3.05) is 13.2 Å². The van der Waals surface area contributed by atoms with Crippen LogP contribution in [0.25, 0.3) is 0 Å². The van der Waals surface area contributed by atoms with Gasteiger partial charge in [-0.25, -0.2) is 9.78 Å². The molecule has 0 fully saturated rings. The van der Waals surface area contributed by atoms with Crippen molar-refractivity contribution in [3.05, 3.63) is 11.2 Å². The Labute approximate surface area is 80.5 Å². The van der Waals surface area contributed by atoms with Gasteiger partial charge in [0.25, 0.3) is 0 Å². The van der Waals surface area contributed by atoms with Crippen molar-refractivity contribution in [2.45, 2.75) is 13.8 Å². The van der Waals surface area contributed by atoms with E-state index in [4.69, 9.17) is 9.47 Å². The zero-order valence-corrected chi connectivity index (χ0v) is 8.39. The van der Waals surface area contributed by atoms with E-state index in [1.165, 1.54) is 11.3 Å². The summed E-state index contributed by atoms with van der Waals surface area (Å²) in [6, 6.07) is 0. The van der Waals surface area contributed by atoms with E-state index in [1.807, 2.05) is 6.92 Å². The van der Waals surface area contributed by atoms with Gasteiger partial charge in [0.1, 0.15) is 0 Å². The molecule has 0 aliphatic heterocycles. The smallest absolute Gasteiger partial charge is 0.361 e. The van der Waals surface area contributed by atoms with Crippen molar-refractivity contribution >= 4 is 17.3 Å². The molecule has 0 saturated heterocycles. The summed E-state index contributed by atoms with van der Waals surface area (Å²) in [6.07, 6.45) is 0. The number of hydrogen-bond acceptors (Lipinski definition) is 5. The number of rotatable bonds is 4. The first-order valence-electron chi connectivity index (χ1n) is 4.03. The van der Waals surface area contributed by atoms with Gasteiger partial charge in [-0.15, -0.1) is 0 Å². The lowest BCUT2D eigenvalue weighted by molar-refractivity contribution is 0.0516. The first kappa shape index (κ1) is 9.98. The fourth-order valence-electron chi connectivity index (χ4n) is 0.804. The first-order valence-corrected chi connectivity index (χ1v) is 4.91. The van der Waals surface area contributed by atoms with Crippen molar-refractivity contribution in [3.63, 3.8) is 0 Å². The molecule has 13 heavy (non-hydrogen) atoms. The Morgan fingerprint density at radius 1 is 1.54 bits per heavy atom. The zero-order valence-electron chi connectivity index (χ0n) is 7.57. The van der Waals surface area contributed by atoms with Gasteiger partial charge in [0.05, 0.1) is 18.7 Å².